The van der Waals surface area contributed by atoms with E-state index in [-0.39, 0.29) is 5.56 Å². The second-order valence-electron chi connectivity index (χ2n) is 3.54. The molecular formula is C11H11N3O2. The third-order valence-electron chi connectivity index (χ3n) is 2.30. The zero-order valence-electron chi connectivity index (χ0n) is 8.98. The highest BCUT2D eigenvalue weighted by atomic mass is 16.4. The van der Waals surface area contributed by atoms with Crippen LogP contribution in [0.3, 0.4) is 0 Å². The summed E-state index contributed by atoms with van der Waals surface area (Å²) in [5.41, 5.74) is 2.80. The monoisotopic (exact) mass is 217 g/mol. The van der Waals surface area contributed by atoms with Crippen molar-refractivity contribution in [1.82, 2.24) is 15.0 Å². The number of aromatic nitrogens is 3. The lowest BCUT2D eigenvalue weighted by Crippen LogP contribution is -1.99. The van der Waals surface area contributed by atoms with Gasteiger partial charge < -0.3 is 10.1 Å². The minimum absolute atomic E-state index is 0.223. The van der Waals surface area contributed by atoms with Crippen molar-refractivity contribution in [2.45, 2.75) is 13.8 Å². The Bertz CT molecular complexity index is 546. The Kier molecular flexibility index (Phi) is 2.44. The van der Waals surface area contributed by atoms with E-state index in [2.05, 4.69) is 15.0 Å². The zero-order chi connectivity index (χ0) is 11.7. The molecule has 2 aromatic rings. The Labute approximate surface area is 92.2 Å². The molecule has 0 aliphatic heterocycles. The van der Waals surface area contributed by atoms with Gasteiger partial charge in [-0.1, -0.05) is 0 Å². The van der Waals surface area contributed by atoms with Gasteiger partial charge >= 0.3 is 5.97 Å². The van der Waals surface area contributed by atoms with Gasteiger partial charge in [0, 0.05) is 18.1 Å². The summed E-state index contributed by atoms with van der Waals surface area (Å²) in [7, 11) is 0. The van der Waals surface area contributed by atoms with E-state index >= 15 is 0 Å². The van der Waals surface area contributed by atoms with Crippen molar-refractivity contribution in [3.63, 3.8) is 0 Å². The summed E-state index contributed by atoms with van der Waals surface area (Å²) in [5.74, 6) is -0.968. The largest absolute Gasteiger partial charge is 0.478 e. The van der Waals surface area contributed by atoms with Crippen LogP contribution < -0.4 is 0 Å². The number of nitrogens with zero attached hydrogens (tertiary/aromatic N) is 2. The molecule has 0 fully saturated rings. The van der Waals surface area contributed by atoms with E-state index in [0.717, 1.165) is 5.69 Å². The van der Waals surface area contributed by atoms with E-state index < -0.39 is 5.97 Å². The number of hydrogen-bond acceptors (Lipinski definition) is 3. The van der Waals surface area contributed by atoms with Crippen LogP contribution >= 0.6 is 0 Å². The van der Waals surface area contributed by atoms with Gasteiger partial charge in [0.25, 0.3) is 0 Å². The zero-order valence-corrected chi connectivity index (χ0v) is 8.98. The van der Waals surface area contributed by atoms with E-state index in [0.29, 0.717) is 17.1 Å². The molecule has 0 saturated carbocycles. The molecule has 0 radical (unpaired) electrons. The Morgan fingerprint density at radius 3 is 2.62 bits per heavy atom. The second-order valence-corrected chi connectivity index (χ2v) is 3.54. The predicted octanol–water partition coefficient (Wildman–Crippen LogP) is 1.79. The Morgan fingerprint density at radius 1 is 1.31 bits per heavy atom. The van der Waals surface area contributed by atoms with Gasteiger partial charge in [-0.05, 0) is 19.9 Å². The molecule has 0 spiro atoms. The van der Waals surface area contributed by atoms with Gasteiger partial charge in [-0.15, -0.1) is 0 Å². The van der Waals surface area contributed by atoms with Gasteiger partial charge in [0.1, 0.15) is 5.69 Å². The Morgan fingerprint density at radius 2 is 2.00 bits per heavy atom. The average Bonchev–Trinajstić information content (AvgIpc) is 2.61. The molecule has 0 bridgehead atoms. The summed E-state index contributed by atoms with van der Waals surface area (Å²) in [6.45, 7) is 3.60. The molecule has 0 unspecified atom stereocenters. The summed E-state index contributed by atoms with van der Waals surface area (Å²) in [6, 6.07) is 1.59. The maximum absolute atomic E-state index is 11.1. The van der Waals surface area contributed by atoms with Gasteiger partial charge in [-0.25, -0.2) is 4.79 Å². The first-order chi connectivity index (χ1) is 7.59. The topological polar surface area (TPSA) is 78.9 Å². The number of carboxylic acid groups (broad SMARTS) is 1. The van der Waals surface area contributed by atoms with Crippen molar-refractivity contribution in [2.24, 2.45) is 0 Å². The number of H-pyrrole nitrogens is 1. The molecule has 0 amide bonds. The van der Waals surface area contributed by atoms with Crippen LogP contribution in [0.1, 0.15) is 21.7 Å². The van der Waals surface area contributed by atoms with Crippen LogP contribution in [0.5, 0.6) is 0 Å². The number of hydrogen-bond donors (Lipinski definition) is 2. The van der Waals surface area contributed by atoms with E-state index in [1.165, 1.54) is 0 Å². The molecule has 0 aliphatic rings. The molecule has 2 aromatic heterocycles. The van der Waals surface area contributed by atoms with Gasteiger partial charge in [0.05, 0.1) is 17.0 Å². The van der Waals surface area contributed by atoms with Crippen LogP contribution in [-0.2, 0) is 0 Å². The van der Waals surface area contributed by atoms with Crippen LogP contribution in [0.2, 0.25) is 0 Å². The fraction of sp³-hybridized carbons (Fsp3) is 0.182. The van der Waals surface area contributed by atoms with Crippen LogP contribution in [0, 0.1) is 13.8 Å². The van der Waals surface area contributed by atoms with E-state index in [1.54, 1.807) is 25.4 Å². The maximum Gasteiger partial charge on any atom is 0.337 e. The van der Waals surface area contributed by atoms with Crippen molar-refractivity contribution >= 4 is 5.97 Å². The first kappa shape index (κ1) is 10.4. The third-order valence-corrected chi connectivity index (χ3v) is 2.30. The highest BCUT2D eigenvalue weighted by Crippen LogP contribution is 2.23. The molecule has 5 heteroatoms. The van der Waals surface area contributed by atoms with Crippen LogP contribution in [-0.4, -0.2) is 26.0 Å². The van der Waals surface area contributed by atoms with Crippen LogP contribution in [0.15, 0.2) is 18.5 Å². The molecule has 82 valence electrons. The molecule has 0 aliphatic carbocycles. The van der Waals surface area contributed by atoms with Gasteiger partial charge in [0.15, 0.2) is 0 Å². The molecule has 2 heterocycles. The van der Waals surface area contributed by atoms with Gasteiger partial charge in [-0.2, -0.15) is 0 Å². The van der Waals surface area contributed by atoms with Crippen molar-refractivity contribution in [1.29, 1.82) is 0 Å². The number of rotatable bonds is 2. The predicted molar refractivity (Wildman–Crippen MR) is 58.3 cm³/mol. The first-order valence-electron chi connectivity index (χ1n) is 4.80. The molecule has 2 rings (SSSR count). The third kappa shape index (κ3) is 1.67. The lowest BCUT2D eigenvalue weighted by Gasteiger charge is -2.02. The van der Waals surface area contributed by atoms with Crippen LogP contribution in [0.25, 0.3) is 11.4 Å². The number of aryl methyl sites for hydroxylation is 2. The average molecular weight is 217 g/mol. The number of aromatic carboxylic acids is 1. The summed E-state index contributed by atoms with van der Waals surface area (Å²) in [5, 5.41) is 9.06. The molecule has 0 aromatic carbocycles. The number of carbonyl (C=O) groups is 1. The summed E-state index contributed by atoms with van der Waals surface area (Å²) >= 11 is 0. The van der Waals surface area contributed by atoms with Gasteiger partial charge in [-0.3, -0.25) is 9.97 Å². The van der Waals surface area contributed by atoms with E-state index in [1.807, 2.05) is 6.92 Å². The summed E-state index contributed by atoms with van der Waals surface area (Å²) in [4.78, 5) is 22.3. The van der Waals surface area contributed by atoms with Crippen molar-refractivity contribution in [3.8, 4) is 11.4 Å². The highest BCUT2D eigenvalue weighted by Gasteiger charge is 2.17. The molecule has 0 atom stereocenters. The summed E-state index contributed by atoms with van der Waals surface area (Å²) < 4.78 is 0. The quantitative estimate of drug-likeness (QED) is 0.803. The van der Waals surface area contributed by atoms with Crippen molar-refractivity contribution in [3.05, 3.63) is 35.4 Å². The molecular weight excluding hydrogens is 206 g/mol. The van der Waals surface area contributed by atoms with Crippen molar-refractivity contribution in [2.75, 3.05) is 0 Å². The fourth-order valence-corrected chi connectivity index (χ4v) is 1.60. The smallest absolute Gasteiger partial charge is 0.337 e. The molecule has 16 heavy (non-hydrogen) atoms. The number of aromatic amines is 1. The lowest BCUT2D eigenvalue weighted by molar-refractivity contribution is 0.0698. The van der Waals surface area contributed by atoms with Crippen molar-refractivity contribution < 1.29 is 9.90 Å². The number of nitrogens with one attached hydrogen (secondary N) is 1. The minimum atomic E-state index is -0.968. The molecule has 5 nitrogen and oxygen atoms in total. The maximum atomic E-state index is 11.1. The standard InChI is InChI=1S/C11H11N3O2/c1-6-5-8(11(15)16)10(14-6)9-7(2)12-3-4-13-9/h3-5,14H,1-2H3,(H,15,16). The van der Waals surface area contributed by atoms with E-state index in [9.17, 15) is 4.79 Å². The normalized spacial score (nSPS) is 10.4. The first-order valence-corrected chi connectivity index (χ1v) is 4.80. The minimum Gasteiger partial charge on any atom is -0.478 e. The van der Waals surface area contributed by atoms with Gasteiger partial charge in [0.2, 0.25) is 0 Å². The SMILES string of the molecule is Cc1cc(C(=O)O)c(-c2nccnc2C)[nH]1. The lowest BCUT2D eigenvalue weighted by atomic mass is 10.1. The van der Waals surface area contributed by atoms with Crippen LogP contribution in [0.4, 0.5) is 0 Å². The fourth-order valence-electron chi connectivity index (χ4n) is 1.60. The highest BCUT2D eigenvalue weighted by molar-refractivity contribution is 5.95. The molecule has 0 saturated heterocycles. The summed E-state index contributed by atoms with van der Waals surface area (Å²) in [6.07, 6.45) is 3.12. The second kappa shape index (κ2) is 3.77. The Balaban J connectivity index is 2.64. The van der Waals surface area contributed by atoms with E-state index in [4.69, 9.17) is 5.11 Å². The number of carboxylic acids is 1. The molecule has 2 N–H and O–H groups in total. The Hall–Kier alpha value is -2.17.